The van der Waals surface area contributed by atoms with Gasteiger partial charge in [0.1, 0.15) is 5.75 Å². The minimum atomic E-state index is -0.142. The number of aliphatic hydroxyl groups is 1. The van der Waals surface area contributed by atoms with Crippen LogP contribution in [0.25, 0.3) is 0 Å². The highest BCUT2D eigenvalue weighted by atomic mass is 16.5. The van der Waals surface area contributed by atoms with Gasteiger partial charge >= 0.3 is 0 Å². The molecule has 1 rings (SSSR count). The molecule has 0 bridgehead atoms. The Morgan fingerprint density at radius 2 is 2.17 bits per heavy atom. The number of aliphatic hydroxyl groups excluding tert-OH is 1. The lowest BCUT2D eigenvalue weighted by Crippen LogP contribution is -2.25. The van der Waals surface area contributed by atoms with Crippen molar-refractivity contribution >= 4 is 5.91 Å². The van der Waals surface area contributed by atoms with Gasteiger partial charge in [0.2, 0.25) is 0 Å². The number of hydrogen-bond donors (Lipinski definition) is 2. The average Bonchev–Trinajstić information content (AvgIpc) is 2.42. The maximum Gasteiger partial charge on any atom is 0.255 e. The fraction of sp³-hybridized carbons (Fsp3) is 0.538. The molecule has 0 aliphatic heterocycles. The molecule has 1 aromatic heterocycles. The van der Waals surface area contributed by atoms with Crippen molar-refractivity contribution < 1.29 is 14.6 Å². The predicted octanol–water partition coefficient (Wildman–Crippen LogP) is 1.37. The molecule has 1 heterocycles. The third-order valence-corrected chi connectivity index (χ3v) is 2.62. The van der Waals surface area contributed by atoms with Gasteiger partial charge in [0.05, 0.1) is 18.9 Å². The molecule has 0 saturated heterocycles. The fourth-order valence-electron chi connectivity index (χ4n) is 1.62. The van der Waals surface area contributed by atoms with Crippen LogP contribution in [0.4, 0.5) is 0 Å². The van der Waals surface area contributed by atoms with Crippen LogP contribution in [0.3, 0.4) is 0 Å². The van der Waals surface area contributed by atoms with Crippen molar-refractivity contribution in [3.63, 3.8) is 0 Å². The number of carbonyl (C=O) groups excluding carboxylic acids is 1. The first kappa shape index (κ1) is 14.4. The van der Waals surface area contributed by atoms with E-state index in [0.717, 1.165) is 25.7 Å². The Bertz CT molecular complexity index is 369. The summed E-state index contributed by atoms with van der Waals surface area (Å²) in [5.41, 5.74) is 0.503. The van der Waals surface area contributed by atoms with E-state index < -0.39 is 0 Å². The van der Waals surface area contributed by atoms with Gasteiger partial charge in [0, 0.05) is 19.3 Å². The van der Waals surface area contributed by atoms with Crippen LogP contribution in [0.2, 0.25) is 0 Å². The first-order chi connectivity index (χ1) is 8.79. The van der Waals surface area contributed by atoms with Crippen molar-refractivity contribution in [2.24, 2.45) is 0 Å². The van der Waals surface area contributed by atoms with Gasteiger partial charge in [-0.15, -0.1) is 0 Å². The summed E-state index contributed by atoms with van der Waals surface area (Å²) < 4.78 is 5.07. The number of hydrogen-bond acceptors (Lipinski definition) is 4. The van der Waals surface area contributed by atoms with Crippen LogP contribution in [0.15, 0.2) is 18.5 Å². The summed E-state index contributed by atoms with van der Waals surface area (Å²) in [7, 11) is 1.52. The lowest BCUT2D eigenvalue weighted by atomic mass is 10.2. The summed E-state index contributed by atoms with van der Waals surface area (Å²) in [6, 6.07) is 1.64. The zero-order valence-electron chi connectivity index (χ0n) is 10.7. The molecule has 0 spiro atoms. The van der Waals surface area contributed by atoms with E-state index in [4.69, 9.17) is 9.84 Å². The number of carbonyl (C=O) groups is 1. The second-order valence-corrected chi connectivity index (χ2v) is 3.97. The van der Waals surface area contributed by atoms with E-state index >= 15 is 0 Å². The highest BCUT2D eigenvalue weighted by Crippen LogP contribution is 2.15. The Kier molecular flexibility index (Phi) is 6.79. The number of unbranched alkanes of at least 4 members (excludes halogenated alkanes) is 3. The predicted molar refractivity (Wildman–Crippen MR) is 68.7 cm³/mol. The van der Waals surface area contributed by atoms with Crippen molar-refractivity contribution in [1.29, 1.82) is 0 Å². The highest BCUT2D eigenvalue weighted by molar-refractivity contribution is 5.96. The quantitative estimate of drug-likeness (QED) is 0.685. The van der Waals surface area contributed by atoms with Crippen LogP contribution in [0.1, 0.15) is 36.0 Å². The third-order valence-electron chi connectivity index (χ3n) is 2.62. The lowest BCUT2D eigenvalue weighted by Gasteiger charge is -2.08. The van der Waals surface area contributed by atoms with E-state index in [-0.39, 0.29) is 12.5 Å². The molecule has 0 aliphatic carbocycles. The molecule has 18 heavy (non-hydrogen) atoms. The van der Waals surface area contributed by atoms with E-state index in [0.29, 0.717) is 17.9 Å². The molecule has 1 aromatic rings. The van der Waals surface area contributed by atoms with Crippen LogP contribution in [-0.2, 0) is 0 Å². The zero-order valence-corrected chi connectivity index (χ0v) is 10.7. The monoisotopic (exact) mass is 252 g/mol. The Morgan fingerprint density at radius 1 is 1.39 bits per heavy atom. The maximum atomic E-state index is 11.9. The lowest BCUT2D eigenvalue weighted by molar-refractivity contribution is 0.0949. The maximum absolute atomic E-state index is 11.9. The first-order valence-electron chi connectivity index (χ1n) is 6.16. The van der Waals surface area contributed by atoms with Crippen LogP contribution >= 0.6 is 0 Å². The fourth-order valence-corrected chi connectivity index (χ4v) is 1.62. The van der Waals surface area contributed by atoms with Crippen molar-refractivity contribution in [1.82, 2.24) is 10.3 Å². The van der Waals surface area contributed by atoms with E-state index in [2.05, 4.69) is 10.3 Å². The zero-order chi connectivity index (χ0) is 13.2. The largest absolute Gasteiger partial charge is 0.494 e. The van der Waals surface area contributed by atoms with Crippen LogP contribution in [0.5, 0.6) is 5.75 Å². The Morgan fingerprint density at radius 3 is 2.89 bits per heavy atom. The summed E-state index contributed by atoms with van der Waals surface area (Å²) in [6.07, 6.45) is 6.83. The van der Waals surface area contributed by atoms with Gasteiger partial charge in [-0.1, -0.05) is 12.8 Å². The standard InChI is InChI=1S/C13H20N2O3/c1-18-12-10-14-8-6-11(12)13(17)15-7-4-2-3-5-9-16/h6,8,10,16H,2-5,7,9H2,1H3,(H,15,17). The van der Waals surface area contributed by atoms with E-state index in [1.54, 1.807) is 12.3 Å². The normalized spacial score (nSPS) is 10.1. The molecule has 0 unspecified atom stereocenters. The molecule has 0 radical (unpaired) electrons. The van der Waals surface area contributed by atoms with Gasteiger partial charge in [0.25, 0.3) is 5.91 Å². The smallest absolute Gasteiger partial charge is 0.255 e. The van der Waals surface area contributed by atoms with Crippen molar-refractivity contribution in [3.8, 4) is 5.75 Å². The Hall–Kier alpha value is -1.62. The van der Waals surface area contributed by atoms with Crippen molar-refractivity contribution in [2.75, 3.05) is 20.3 Å². The summed E-state index contributed by atoms with van der Waals surface area (Å²) in [6.45, 7) is 0.871. The van der Waals surface area contributed by atoms with E-state index in [9.17, 15) is 4.79 Å². The van der Waals surface area contributed by atoms with E-state index in [1.807, 2.05) is 0 Å². The number of aromatic nitrogens is 1. The first-order valence-corrected chi connectivity index (χ1v) is 6.16. The number of nitrogens with one attached hydrogen (secondary N) is 1. The molecular formula is C13H20N2O3. The molecule has 5 heteroatoms. The number of pyridine rings is 1. The van der Waals surface area contributed by atoms with Crippen LogP contribution in [0, 0.1) is 0 Å². The SMILES string of the molecule is COc1cnccc1C(=O)NCCCCCCO. The minimum absolute atomic E-state index is 0.142. The molecule has 0 aromatic carbocycles. The van der Waals surface area contributed by atoms with Crippen LogP contribution in [-0.4, -0.2) is 36.3 Å². The van der Waals surface area contributed by atoms with Crippen LogP contribution < -0.4 is 10.1 Å². The third kappa shape index (κ3) is 4.71. The number of ether oxygens (including phenoxy) is 1. The summed E-state index contributed by atoms with van der Waals surface area (Å²) in [4.78, 5) is 15.8. The average molecular weight is 252 g/mol. The second-order valence-electron chi connectivity index (χ2n) is 3.97. The summed E-state index contributed by atoms with van der Waals surface area (Å²) in [5.74, 6) is 0.340. The number of rotatable bonds is 8. The van der Waals surface area contributed by atoms with Gasteiger partial charge in [-0.05, 0) is 18.9 Å². The highest BCUT2D eigenvalue weighted by Gasteiger charge is 2.10. The Balaban J connectivity index is 2.32. The molecule has 5 nitrogen and oxygen atoms in total. The van der Waals surface area contributed by atoms with Gasteiger partial charge in [-0.25, -0.2) is 0 Å². The minimum Gasteiger partial charge on any atom is -0.494 e. The number of nitrogens with zero attached hydrogens (tertiary/aromatic N) is 1. The molecule has 0 saturated carbocycles. The molecule has 2 N–H and O–H groups in total. The molecule has 0 fully saturated rings. The van der Waals surface area contributed by atoms with Crippen molar-refractivity contribution in [2.45, 2.75) is 25.7 Å². The molecule has 0 aliphatic rings. The molecule has 0 atom stereocenters. The Labute approximate surface area is 107 Å². The molecule has 100 valence electrons. The van der Waals surface area contributed by atoms with E-state index in [1.165, 1.54) is 13.3 Å². The second kappa shape index (κ2) is 8.47. The van der Waals surface area contributed by atoms with Gasteiger partial charge < -0.3 is 15.2 Å². The van der Waals surface area contributed by atoms with Gasteiger partial charge in [-0.3, -0.25) is 9.78 Å². The van der Waals surface area contributed by atoms with Crippen molar-refractivity contribution in [3.05, 3.63) is 24.0 Å². The van der Waals surface area contributed by atoms with Gasteiger partial charge in [-0.2, -0.15) is 0 Å². The number of amides is 1. The summed E-state index contributed by atoms with van der Waals surface area (Å²) in [5, 5.41) is 11.5. The topological polar surface area (TPSA) is 71.5 Å². The molecule has 1 amide bonds. The van der Waals surface area contributed by atoms with Gasteiger partial charge in [0.15, 0.2) is 0 Å². The number of methoxy groups -OCH3 is 1. The molecular weight excluding hydrogens is 232 g/mol. The summed E-state index contributed by atoms with van der Waals surface area (Å²) >= 11 is 0.